The second kappa shape index (κ2) is 5.43. The zero-order valence-electron chi connectivity index (χ0n) is 8.66. The molecule has 2 nitrogen and oxygen atoms in total. The summed E-state index contributed by atoms with van der Waals surface area (Å²) < 4.78 is 0. The molecule has 0 fully saturated rings. The van der Waals surface area contributed by atoms with E-state index in [1.165, 1.54) is 0 Å². The van der Waals surface area contributed by atoms with Crippen molar-refractivity contribution >= 4 is 5.84 Å². The number of hydrogen-bond acceptors (Lipinski definition) is 1. The van der Waals surface area contributed by atoms with Gasteiger partial charge in [-0.05, 0) is 12.0 Å². The second-order valence-corrected chi connectivity index (χ2v) is 3.56. The highest BCUT2D eigenvalue weighted by Crippen LogP contribution is 2.21. The SMILES string of the molecule is CCCCC(C(=N)N)c1ccccc1. The lowest BCUT2D eigenvalue weighted by atomic mass is 9.93. The van der Waals surface area contributed by atoms with Gasteiger partial charge < -0.3 is 5.73 Å². The van der Waals surface area contributed by atoms with E-state index in [1.807, 2.05) is 30.3 Å². The van der Waals surface area contributed by atoms with E-state index >= 15 is 0 Å². The molecule has 0 aliphatic rings. The quantitative estimate of drug-likeness (QED) is 0.544. The van der Waals surface area contributed by atoms with Gasteiger partial charge >= 0.3 is 0 Å². The fourth-order valence-electron chi connectivity index (χ4n) is 1.60. The molecule has 0 spiro atoms. The molecular weight excluding hydrogens is 172 g/mol. The van der Waals surface area contributed by atoms with Crippen LogP contribution < -0.4 is 5.73 Å². The first-order chi connectivity index (χ1) is 6.75. The summed E-state index contributed by atoms with van der Waals surface area (Å²) in [5.41, 5.74) is 6.75. The van der Waals surface area contributed by atoms with Crippen molar-refractivity contribution in [2.75, 3.05) is 0 Å². The van der Waals surface area contributed by atoms with Gasteiger partial charge in [-0.1, -0.05) is 50.1 Å². The highest BCUT2D eigenvalue weighted by molar-refractivity contribution is 5.84. The van der Waals surface area contributed by atoms with Crippen molar-refractivity contribution in [2.45, 2.75) is 32.1 Å². The van der Waals surface area contributed by atoms with Crippen molar-refractivity contribution in [3.05, 3.63) is 35.9 Å². The number of unbranched alkanes of at least 4 members (excludes halogenated alkanes) is 1. The van der Waals surface area contributed by atoms with Gasteiger partial charge in [-0.15, -0.1) is 0 Å². The third-order valence-corrected chi connectivity index (χ3v) is 2.42. The molecule has 0 aliphatic carbocycles. The lowest BCUT2D eigenvalue weighted by Gasteiger charge is -2.14. The smallest absolute Gasteiger partial charge is 0.0981 e. The van der Waals surface area contributed by atoms with Crippen LogP contribution in [0.3, 0.4) is 0 Å². The zero-order valence-corrected chi connectivity index (χ0v) is 8.66. The fraction of sp³-hybridized carbons (Fsp3) is 0.417. The van der Waals surface area contributed by atoms with Crippen LogP contribution in [-0.4, -0.2) is 5.84 Å². The molecule has 2 heteroatoms. The Kier molecular flexibility index (Phi) is 4.17. The first-order valence-corrected chi connectivity index (χ1v) is 5.14. The molecule has 1 aromatic carbocycles. The summed E-state index contributed by atoms with van der Waals surface area (Å²) in [6.45, 7) is 2.15. The third-order valence-electron chi connectivity index (χ3n) is 2.42. The first kappa shape index (κ1) is 10.8. The van der Waals surface area contributed by atoms with Gasteiger partial charge in [0, 0.05) is 5.92 Å². The highest BCUT2D eigenvalue weighted by atomic mass is 14.7. The monoisotopic (exact) mass is 190 g/mol. The number of amidine groups is 1. The summed E-state index contributed by atoms with van der Waals surface area (Å²) in [6, 6.07) is 10.1. The van der Waals surface area contributed by atoms with E-state index in [-0.39, 0.29) is 11.8 Å². The summed E-state index contributed by atoms with van der Waals surface area (Å²) in [7, 11) is 0. The summed E-state index contributed by atoms with van der Waals surface area (Å²) in [5, 5.41) is 7.55. The Labute approximate surface area is 85.6 Å². The minimum atomic E-state index is 0.108. The van der Waals surface area contributed by atoms with Gasteiger partial charge in [0.05, 0.1) is 5.84 Å². The first-order valence-electron chi connectivity index (χ1n) is 5.14. The zero-order chi connectivity index (χ0) is 10.4. The van der Waals surface area contributed by atoms with Crippen molar-refractivity contribution in [2.24, 2.45) is 5.73 Å². The van der Waals surface area contributed by atoms with Crippen molar-refractivity contribution in [1.29, 1.82) is 5.41 Å². The molecule has 0 amide bonds. The van der Waals surface area contributed by atoms with E-state index in [1.54, 1.807) is 0 Å². The lowest BCUT2D eigenvalue weighted by Crippen LogP contribution is -2.20. The standard InChI is InChI=1S/C12H18N2/c1-2-3-9-11(12(13)14)10-7-5-4-6-8-10/h4-8,11H,2-3,9H2,1H3,(H3,13,14). The molecule has 3 N–H and O–H groups in total. The van der Waals surface area contributed by atoms with Crippen LogP contribution in [0.2, 0.25) is 0 Å². The number of hydrogen-bond donors (Lipinski definition) is 2. The lowest BCUT2D eigenvalue weighted by molar-refractivity contribution is 0.679. The molecule has 76 valence electrons. The van der Waals surface area contributed by atoms with Gasteiger partial charge in [0.2, 0.25) is 0 Å². The number of nitrogens with one attached hydrogen (secondary N) is 1. The Balaban J connectivity index is 2.73. The average Bonchev–Trinajstić information content (AvgIpc) is 2.19. The topological polar surface area (TPSA) is 49.9 Å². The summed E-state index contributed by atoms with van der Waals surface area (Å²) in [4.78, 5) is 0. The molecular formula is C12H18N2. The van der Waals surface area contributed by atoms with Gasteiger partial charge in [-0.25, -0.2) is 0 Å². The van der Waals surface area contributed by atoms with Crippen LogP contribution >= 0.6 is 0 Å². The van der Waals surface area contributed by atoms with E-state index in [4.69, 9.17) is 11.1 Å². The van der Waals surface area contributed by atoms with Crippen LogP contribution in [0.25, 0.3) is 0 Å². The summed E-state index contributed by atoms with van der Waals surface area (Å²) in [5.74, 6) is 0.390. The van der Waals surface area contributed by atoms with Crippen LogP contribution in [0, 0.1) is 5.41 Å². The maximum atomic E-state index is 7.55. The van der Waals surface area contributed by atoms with Crippen LogP contribution in [0.5, 0.6) is 0 Å². The Bertz CT molecular complexity index is 280. The Morgan fingerprint density at radius 3 is 2.50 bits per heavy atom. The molecule has 1 rings (SSSR count). The van der Waals surface area contributed by atoms with E-state index in [0.717, 1.165) is 24.8 Å². The minimum Gasteiger partial charge on any atom is -0.387 e. The summed E-state index contributed by atoms with van der Waals surface area (Å²) >= 11 is 0. The van der Waals surface area contributed by atoms with Crippen molar-refractivity contribution in [1.82, 2.24) is 0 Å². The maximum Gasteiger partial charge on any atom is 0.0981 e. The molecule has 1 unspecified atom stereocenters. The number of nitrogens with two attached hydrogens (primary N) is 1. The van der Waals surface area contributed by atoms with Crippen molar-refractivity contribution < 1.29 is 0 Å². The molecule has 0 saturated heterocycles. The van der Waals surface area contributed by atoms with Crippen LogP contribution in [-0.2, 0) is 0 Å². The molecule has 0 heterocycles. The van der Waals surface area contributed by atoms with Crippen molar-refractivity contribution in [3.63, 3.8) is 0 Å². The Hall–Kier alpha value is -1.31. The van der Waals surface area contributed by atoms with Gasteiger partial charge in [0.1, 0.15) is 0 Å². The molecule has 1 atom stereocenters. The number of rotatable bonds is 5. The minimum absolute atomic E-state index is 0.108. The molecule has 0 aromatic heterocycles. The predicted molar refractivity (Wildman–Crippen MR) is 60.6 cm³/mol. The highest BCUT2D eigenvalue weighted by Gasteiger charge is 2.13. The number of benzene rings is 1. The van der Waals surface area contributed by atoms with Gasteiger partial charge in [-0.3, -0.25) is 5.41 Å². The Morgan fingerprint density at radius 2 is 2.00 bits per heavy atom. The fourth-order valence-corrected chi connectivity index (χ4v) is 1.60. The molecule has 0 bridgehead atoms. The molecule has 14 heavy (non-hydrogen) atoms. The van der Waals surface area contributed by atoms with E-state index in [2.05, 4.69) is 6.92 Å². The van der Waals surface area contributed by atoms with E-state index < -0.39 is 0 Å². The normalized spacial score (nSPS) is 12.4. The van der Waals surface area contributed by atoms with Crippen LogP contribution in [0.15, 0.2) is 30.3 Å². The Morgan fingerprint density at radius 1 is 1.36 bits per heavy atom. The molecule has 1 aromatic rings. The van der Waals surface area contributed by atoms with Crippen LogP contribution in [0.4, 0.5) is 0 Å². The third kappa shape index (κ3) is 2.87. The van der Waals surface area contributed by atoms with Crippen molar-refractivity contribution in [3.8, 4) is 0 Å². The van der Waals surface area contributed by atoms with E-state index in [0.29, 0.717) is 0 Å². The predicted octanol–water partition coefficient (Wildman–Crippen LogP) is 2.90. The summed E-state index contributed by atoms with van der Waals surface area (Å²) in [6.07, 6.45) is 3.26. The maximum absolute atomic E-state index is 7.55. The molecule has 0 saturated carbocycles. The molecule has 0 radical (unpaired) electrons. The van der Waals surface area contributed by atoms with Crippen LogP contribution in [0.1, 0.15) is 37.7 Å². The largest absolute Gasteiger partial charge is 0.387 e. The van der Waals surface area contributed by atoms with Gasteiger partial charge in [-0.2, -0.15) is 0 Å². The van der Waals surface area contributed by atoms with Gasteiger partial charge in [0.15, 0.2) is 0 Å². The second-order valence-electron chi connectivity index (χ2n) is 3.56. The average molecular weight is 190 g/mol. The van der Waals surface area contributed by atoms with E-state index in [9.17, 15) is 0 Å². The van der Waals surface area contributed by atoms with Gasteiger partial charge in [0.25, 0.3) is 0 Å². The molecule has 0 aliphatic heterocycles.